The van der Waals surface area contributed by atoms with E-state index in [4.69, 9.17) is 5.11 Å². The van der Waals surface area contributed by atoms with Gasteiger partial charge in [-0.3, -0.25) is 4.90 Å². The van der Waals surface area contributed by atoms with Crippen LogP contribution in [0.3, 0.4) is 0 Å². The van der Waals surface area contributed by atoms with Gasteiger partial charge in [-0.25, -0.2) is 0 Å². The van der Waals surface area contributed by atoms with Crippen LogP contribution in [-0.4, -0.2) is 35.7 Å². The molecule has 0 aliphatic carbocycles. The van der Waals surface area contributed by atoms with E-state index in [9.17, 15) is 0 Å². The van der Waals surface area contributed by atoms with Gasteiger partial charge in [-0.1, -0.05) is 20.8 Å². The van der Waals surface area contributed by atoms with E-state index >= 15 is 0 Å². The Bertz CT molecular complexity index is 156. The molecule has 13 heavy (non-hydrogen) atoms. The summed E-state index contributed by atoms with van der Waals surface area (Å²) in [5, 5.41) is 8.80. The second kappa shape index (κ2) is 3.97. The zero-order valence-electron chi connectivity index (χ0n) is 9.38. The van der Waals surface area contributed by atoms with Gasteiger partial charge in [-0.15, -0.1) is 0 Å². The molecule has 1 heterocycles. The van der Waals surface area contributed by atoms with Gasteiger partial charge in [0.15, 0.2) is 0 Å². The molecule has 1 atom stereocenters. The van der Waals surface area contributed by atoms with Crippen LogP contribution in [0.2, 0.25) is 0 Å². The second-order valence-corrected chi connectivity index (χ2v) is 5.38. The lowest BCUT2D eigenvalue weighted by Gasteiger charge is -2.49. The maximum absolute atomic E-state index is 8.80. The average Bonchev–Trinajstić information content (AvgIpc) is 1.79. The average molecular weight is 185 g/mol. The van der Waals surface area contributed by atoms with Crippen molar-refractivity contribution < 1.29 is 5.11 Å². The Kier molecular flexibility index (Phi) is 3.36. The minimum Gasteiger partial charge on any atom is -0.396 e. The first-order chi connectivity index (χ1) is 5.95. The van der Waals surface area contributed by atoms with E-state index in [1.165, 1.54) is 13.1 Å². The summed E-state index contributed by atoms with van der Waals surface area (Å²) in [6.45, 7) is 11.9. The van der Waals surface area contributed by atoms with Crippen LogP contribution in [0.1, 0.15) is 34.1 Å². The highest BCUT2D eigenvalue weighted by molar-refractivity contribution is 4.90. The van der Waals surface area contributed by atoms with Crippen molar-refractivity contribution in [2.75, 3.05) is 19.7 Å². The van der Waals surface area contributed by atoms with E-state index in [2.05, 4.69) is 32.6 Å². The number of aliphatic hydroxyl groups excluding tert-OH is 1. The van der Waals surface area contributed by atoms with Gasteiger partial charge in [0.25, 0.3) is 0 Å². The topological polar surface area (TPSA) is 23.5 Å². The van der Waals surface area contributed by atoms with E-state index in [-0.39, 0.29) is 0 Å². The van der Waals surface area contributed by atoms with Gasteiger partial charge in [-0.2, -0.15) is 0 Å². The van der Waals surface area contributed by atoms with Crippen LogP contribution in [0, 0.1) is 11.3 Å². The maximum Gasteiger partial charge on any atom is 0.0445 e. The molecule has 0 aromatic carbocycles. The van der Waals surface area contributed by atoms with Crippen LogP contribution in [-0.2, 0) is 0 Å². The summed E-state index contributed by atoms with van der Waals surface area (Å²) < 4.78 is 0. The SMILES string of the molecule is CC(CCO)N1CC(C(C)(C)C)C1. The fourth-order valence-corrected chi connectivity index (χ4v) is 1.79. The third-order valence-corrected chi connectivity index (χ3v) is 3.30. The summed E-state index contributed by atoms with van der Waals surface area (Å²) >= 11 is 0. The van der Waals surface area contributed by atoms with Crippen molar-refractivity contribution in [1.29, 1.82) is 0 Å². The quantitative estimate of drug-likeness (QED) is 0.724. The molecule has 1 rings (SSSR count). The number of hydrogen-bond acceptors (Lipinski definition) is 2. The van der Waals surface area contributed by atoms with Crippen LogP contribution < -0.4 is 0 Å². The van der Waals surface area contributed by atoms with E-state index < -0.39 is 0 Å². The summed E-state index contributed by atoms with van der Waals surface area (Å²) in [7, 11) is 0. The molecule has 1 N–H and O–H groups in total. The summed E-state index contributed by atoms with van der Waals surface area (Å²) in [5.74, 6) is 0.841. The first-order valence-corrected chi connectivity index (χ1v) is 5.30. The molecule has 0 saturated carbocycles. The summed E-state index contributed by atoms with van der Waals surface area (Å²) in [6.07, 6.45) is 0.914. The normalized spacial score (nSPS) is 22.8. The number of nitrogens with zero attached hydrogens (tertiary/aromatic N) is 1. The molecule has 1 aliphatic rings. The fraction of sp³-hybridized carbons (Fsp3) is 1.00. The highest BCUT2D eigenvalue weighted by atomic mass is 16.3. The lowest BCUT2D eigenvalue weighted by Crippen LogP contribution is -2.55. The molecule has 1 unspecified atom stereocenters. The highest BCUT2D eigenvalue weighted by Crippen LogP contribution is 2.34. The van der Waals surface area contributed by atoms with Crippen molar-refractivity contribution in [3.05, 3.63) is 0 Å². The molecule has 1 fully saturated rings. The molecule has 0 bridgehead atoms. The fourth-order valence-electron chi connectivity index (χ4n) is 1.79. The van der Waals surface area contributed by atoms with E-state index in [1.54, 1.807) is 0 Å². The van der Waals surface area contributed by atoms with Crippen LogP contribution in [0.25, 0.3) is 0 Å². The predicted molar refractivity (Wildman–Crippen MR) is 55.7 cm³/mol. The van der Waals surface area contributed by atoms with Gasteiger partial charge >= 0.3 is 0 Å². The molecule has 0 radical (unpaired) electrons. The number of hydrogen-bond donors (Lipinski definition) is 1. The van der Waals surface area contributed by atoms with Gasteiger partial charge in [0.05, 0.1) is 0 Å². The third kappa shape index (κ3) is 2.68. The zero-order valence-corrected chi connectivity index (χ0v) is 9.38. The van der Waals surface area contributed by atoms with Crippen LogP contribution in [0.5, 0.6) is 0 Å². The van der Waals surface area contributed by atoms with Crippen molar-refractivity contribution in [2.45, 2.75) is 40.2 Å². The van der Waals surface area contributed by atoms with Crippen molar-refractivity contribution in [3.8, 4) is 0 Å². The lowest BCUT2D eigenvalue weighted by atomic mass is 9.75. The molecule has 0 spiro atoms. The van der Waals surface area contributed by atoms with Crippen molar-refractivity contribution >= 4 is 0 Å². The third-order valence-electron chi connectivity index (χ3n) is 3.30. The van der Waals surface area contributed by atoms with Gasteiger partial charge in [0.1, 0.15) is 0 Å². The van der Waals surface area contributed by atoms with E-state index in [0.29, 0.717) is 18.1 Å². The number of rotatable bonds is 3. The smallest absolute Gasteiger partial charge is 0.0445 e. The summed E-state index contributed by atoms with van der Waals surface area (Å²) in [6, 6.07) is 0.559. The molecule has 0 aromatic rings. The number of likely N-dealkylation sites (tertiary alicyclic amines) is 1. The van der Waals surface area contributed by atoms with Gasteiger partial charge in [-0.05, 0) is 24.7 Å². The second-order valence-electron chi connectivity index (χ2n) is 5.38. The monoisotopic (exact) mass is 185 g/mol. The van der Waals surface area contributed by atoms with Crippen molar-refractivity contribution in [1.82, 2.24) is 4.90 Å². The lowest BCUT2D eigenvalue weighted by molar-refractivity contribution is -0.00795. The van der Waals surface area contributed by atoms with Gasteiger partial charge in [0, 0.05) is 25.7 Å². The van der Waals surface area contributed by atoms with Crippen LogP contribution in [0.4, 0.5) is 0 Å². The molecule has 2 nitrogen and oxygen atoms in total. The standard InChI is InChI=1S/C11H23NO/c1-9(5-6-13)12-7-10(8-12)11(2,3)4/h9-10,13H,5-8H2,1-4H3. The summed E-state index contributed by atoms with van der Waals surface area (Å²) in [5.41, 5.74) is 0.454. The van der Waals surface area contributed by atoms with Gasteiger partial charge < -0.3 is 5.11 Å². The Balaban J connectivity index is 2.25. The molecule has 1 saturated heterocycles. The first-order valence-electron chi connectivity index (χ1n) is 5.30. The van der Waals surface area contributed by atoms with Crippen molar-refractivity contribution in [2.24, 2.45) is 11.3 Å². The molecule has 1 aliphatic heterocycles. The minimum absolute atomic E-state index is 0.317. The number of aliphatic hydroxyl groups is 1. The minimum atomic E-state index is 0.317. The van der Waals surface area contributed by atoms with E-state index in [1.807, 2.05) is 0 Å². The Hall–Kier alpha value is -0.0800. The zero-order chi connectivity index (χ0) is 10.1. The van der Waals surface area contributed by atoms with Crippen molar-refractivity contribution in [3.63, 3.8) is 0 Å². The van der Waals surface area contributed by atoms with Crippen LogP contribution >= 0.6 is 0 Å². The Morgan fingerprint density at radius 3 is 2.31 bits per heavy atom. The molecule has 0 aromatic heterocycles. The molecule has 78 valence electrons. The predicted octanol–water partition coefficient (Wildman–Crippen LogP) is 1.74. The van der Waals surface area contributed by atoms with Gasteiger partial charge in [0.2, 0.25) is 0 Å². The molecular weight excluding hydrogens is 162 g/mol. The molecule has 2 heteroatoms. The summed E-state index contributed by atoms with van der Waals surface area (Å²) in [4.78, 5) is 2.46. The Labute approximate surface area is 81.9 Å². The van der Waals surface area contributed by atoms with Crippen LogP contribution in [0.15, 0.2) is 0 Å². The first kappa shape index (κ1) is 11.0. The Morgan fingerprint density at radius 2 is 1.92 bits per heavy atom. The molecule has 0 amide bonds. The van der Waals surface area contributed by atoms with E-state index in [0.717, 1.165) is 12.3 Å². The highest BCUT2D eigenvalue weighted by Gasteiger charge is 2.37. The Morgan fingerprint density at radius 1 is 1.38 bits per heavy atom. The maximum atomic E-state index is 8.80. The molecular formula is C11H23NO. The largest absolute Gasteiger partial charge is 0.396 e.